The molecule has 1 fully saturated rings. The standard InChI is InChI=1S/C14H18Cl2N2O2/c1-2-5-17-13-8-20-7-10(13)14(19)18-9-3-4-11(15)12(16)6-9/h3-4,6,10,13,17H,2,5,7-8H2,1H3,(H,18,19). The second-order valence-electron chi connectivity index (χ2n) is 4.82. The molecule has 2 atom stereocenters. The highest BCUT2D eigenvalue weighted by Crippen LogP contribution is 2.26. The third kappa shape index (κ3) is 3.85. The monoisotopic (exact) mass is 316 g/mol. The van der Waals surface area contributed by atoms with Gasteiger partial charge in [0.05, 0.1) is 29.2 Å². The molecule has 2 N–H and O–H groups in total. The normalized spacial score (nSPS) is 21.9. The Hall–Kier alpha value is -0.810. The molecule has 2 unspecified atom stereocenters. The van der Waals surface area contributed by atoms with Gasteiger partial charge in [0.2, 0.25) is 5.91 Å². The Kier molecular flexibility index (Phi) is 5.66. The van der Waals surface area contributed by atoms with E-state index in [0.29, 0.717) is 28.9 Å². The van der Waals surface area contributed by atoms with Crippen molar-refractivity contribution in [1.82, 2.24) is 5.32 Å². The van der Waals surface area contributed by atoms with Crippen LogP contribution >= 0.6 is 23.2 Å². The Morgan fingerprint density at radius 3 is 2.85 bits per heavy atom. The van der Waals surface area contributed by atoms with Crippen LogP contribution < -0.4 is 10.6 Å². The largest absolute Gasteiger partial charge is 0.379 e. The van der Waals surface area contributed by atoms with Crippen molar-refractivity contribution >= 4 is 34.8 Å². The van der Waals surface area contributed by atoms with Crippen LogP contribution in [0.4, 0.5) is 5.69 Å². The second-order valence-corrected chi connectivity index (χ2v) is 5.64. The van der Waals surface area contributed by atoms with Crippen LogP contribution in [0.15, 0.2) is 18.2 Å². The Labute approximate surface area is 128 Å². The van der Waals surface area contributed by atoms with E-state index in [1.807, 2.05) is 0 Å². The first-order chi connectivity index (χ1) is 9.61. The smallest absolute Gasteiger partial charge is 0.231 e. The van der Waals surface area contributed by atoms with E-state index in [2.05, 4.69) is 17.6 Å². The van der Waals surface area contributed by atoms with Crippen LogP contribution in [0.1, 0.15) is 13.3 Å². The zero-order chi connectivity index (χ0) is 14.5. The number of amides is 1. The molecule has 1 aliphatic rings. The first-order valence-electron chi connectivity index (χ1n) is 6.69. The molecule has 1 aliphatic heterocycles. The highest BCUT2D eigenvalue weighted by atomic mass is 35.5. The molecule has 0 aromatic heterocycles. The van der Waals surface area contributed by atoms with Crippen molar-refractivity contribution in [3.63, 3.8) is 0 Å². The molecular formula is C14H18Cl2N2O2. The number of anilines is 1. The zero-order valence-electron chi connectivity index (χ0n) is 11.3. The van der Waals surface area contributed by atoms with Crippen molar-refractivity contribution in [2.45, 2.75) is 19.4 Å². The van der Waals surface area contributed by atoms with Crippen molar-refractivity contribution in [3.8, 4) is 0 Å². The molecule has 2 rings (SSSR count). The summed E-state index contributed by atoms with van der Waals surface area (Å²) in [6.45, 7) is 3.98. The summed E-state index contributed by atoms with van der Waals surface area (Å²) < 4.78 is 5.40. The average molecular weight is 317 g/mol. The highest BCUT2D eigenvalue weighted by molar-refractivity contribution is 6.42. The first-order valence-corrected chi connectivity index (χ1v) is 7.44. The molecule has 1 saturated heterocycles. The van der Waals surface area contributed by atoms with Gasteiger partial charge in [-0.05, 0) is 31.2 Å². The summed E-state index contributed by atoms with van der Waals surface area (Å²) in [5, 5.41) is 7.08. The molecule has 4 nitrogen and oxygen atoms in total. The van der Waals surface area contributed by atoms with Crippen molar-refractivity contribution in [1.29, 1.82) is 0 Å². The van der Waals surface area contributed by atoms with Crippen molar-refractivity contribution < 1.29 is 9.53 Å². The van der Waals surface area contributed by atoms with E-state index < -0.39 is 0 Å². The molecule has 20 heavy (non-hydrogen) atoms. The number of halogens is 2. The lowest BCUT2D eigenvalue weighted by molar-refractivity contribution is -0.120. The Morgan fingerprint density at radius 1 is 1.35 bits per heavy atom. The molecule has 1 aromatic carbocycles. The Bertz CT molecular complexity index is 482. The maximum atomic E-state index is 12.3. The lowest BCUT2D eigenvalue weighted by Crippen LogP contribution is -2.41. The third-order valence-electron chi connectivity index (χ3n) is 3.26. The summed E-state index contributed by atoms with van der Waals surface area (Å²) in [5.41, 5.74) is 0.644. The zero-order valence-corrected chi connectivity index (χ0v) is 12.8. The van der Waals surface area contributed by atoms with Gasteiger partial charge in [0.1, 0.15) is 0 Å². The van der Waals surface area contributed by atoms with Crippen LogP contribution in [0.25, 0.3) is 0 Å². The molecule has 6 heteroatoms. The fraction of sp³-hybridized carbons (Fsp3) is 0.500. The topological polar surface area (TPSA) is 50.4 Å². The SMILES string of the molecule is CCCNC1COCC1C(=O)Nc1ccc(Cl)c(Cl)c1. The van der Waals surface area contributed by atoms with E-state index in [0.717, 1.165) is 13.0 Å². The lowest BCUT2D eigenvalue weighted by Gasteiger charge is -2.18. The third-order valence-corrected chi connectivity index (χ3v) is 4.00. The van der Waals surface area contributed by atoms with Gasteiger partial charge in [-0.15, -0.1) is 0 Å². The molecule has 0 bridgehead atoms. The molecule has 1 aromatic rings. The fourth-order valence-electron chi connectivity index (χ4n) is 2.15. The molecule has 0 saturated carbocycles. The predicted molar refractivity (Wildman–Crippen MR) is 81.5 cm³/mol. The Morgan fingerprint density at radius 2 is 2.15 bits per heavy atom. The van der Waals surface area contributed by atoms with Crippen molar-refractivity contribution in [2.24, 2.45) is 5.92 Å². The number of ether oxygens (including phenoxy) is 1. The van der Waals surface area contributed by atoms with Gasteiger partial charge in [0.25, 0.3) is 0 Å². The molecule has 1 amide bonds. The van der Waals surface area contributed by atoms with Crippen molar-refractivity contribution in [2.75, 3.05) is 25.1 Å². The van der Waals surface area contributed by atoms with Gasteiger partial charge >= 0.3 is 0 Å². The Balaban J connectivity index is 1.98. The minimum atomic E-state index is -0.184. The van der Waals surface area contributed by atoms with E-state index in [1.165, 1.54) is 0 Å². The molecule has 0 radical (unpaired) electrons. The summed E-state index contributed by atoms with van der Waals surface area (Å²) in [4.78, 5) is 12.3. The van der Waals surface area contributed by atoms with E-state index in [1.54, 1.807) is 18.2 Å². The first kappa shape index (κ1) is 15.6. The number of benzene rings is 1. The number of carbonyl (C=O) groups is 1. The molecule has 110 valence electrons. The van der Waals surface area contributed by atoms with Gasteiger partial charge in [0, 0.05) is 11.7 Å². The van der Waals surface area contributed by atoms with E-state index >= 15 is 0 Å². The number of hydrogen-bond donors (Lipinski definition) is 2. The summed E-state index contributed by atoms with van der Waals surface area (Å²) in [5.74, 6) is -0.245. The minimum Gasteiger partial charge on any atom is -0.379 e. The van der Waals surface area contributed by atoms with E-state index in [9.17, 15) is 4.79 Å². The van der Waals surface area contributed by atoms with Gasteiger partial charge in [0.15, 0.2) is 0 Å². The van der Waals surface area contributed by atoms with Crippen LogP contribution in [-0.2, 0) is 9.53 Å². The fourth-order valence-corrected chi connectivity index (χ4v) is 2.45. The molecule has 0 aliphatic carbocycles. The lowest BCUT2D eigenvalue weighted by atomic mass is 10.0. The van der Waals surface area contributed by atoms with Gasteiger partial charge in [-0.2, -0.15) is 0 Å². The quantitative estimate of drug-likeness (QED) is 0.878. The summed E-state index contributed by atoms with van der Waals surface area (Å²) in [6.07, 6.45) is 1.03. The maximum absolute atomic E-state index is 12.3. The maximum Gasteiger partial charge on any atom is 0.231 e. The van der Waals surface area contributed by atoms with Gasteiger partial charge in [-0.25, -0.2) is 0 Å². The van der Waals surface area contributed by atoms with Gasteiger partial charge in [-0.1, -0.05) is 30.1 Å². The molecule has 1 heterocycles. The average Bonchev–Trinajstić information content (AvgIpc) is 2.89. The number of carbonyl (C=O) groups excluding carboxylic acids is 1. The van der Waals surface area contributed by atoms with Gasteiger partial charge in [-0.3, -0.25) is 4.79 Å². The van der Waals surface area contributed by atoms with Crippen LogP contribution in [-0.4, -0.2) is 31.7 Å². The summed E-state index contributed by atoms with van der Waals surface area (Å²) in [7, 11) is 0. The second kappa shape index (κ2) is 7.27. The summed E-state index contributed by atoms with van der Waals surface area (Å²) in [6, 6.07) is 5.11. The number of nitrogens with one attached hydrogen (secondary N) is 2. The molecule has 0 spiro atoms. The van der Waals surface area contributed by atoms with Crippen LogP contribution in [0.2, 0.25) is 10.0 Å². The van der Waals surface area contributed by atoms with E-state index in [-0.39, 0.29) is 17.9 Å². The van der Waals surface area contributed by atoms with Crippen LogP contribution in [0.3, 0.4) is 0 Å². The number of rotatable bonds is 5. The minimum absolute atomic E-state index is 0.0607. The predicted octanol–water partition coefficient (Wildman–Crippen LogP) is 2.95. The van der Waals surface area contributed by atoms with Gasteiger partial charge < -0.3 is 15.4 Å². The van der Waals surface area contributed by atoms with Crippen LogP contribution in [0.5, 0.6) is 0 Å². The molecular weight excluding hydrogens is 299 g/mol. The van der Waals surface area contributed by atoms with Crippen LogP contribution in [0, 0.1) is 5.92 Å². The number of hydrogen-bond acceptors (Lipinski definition) is 3. The van der Waals surface area contributed by atoms with E-state index in [4.69, 9.17) is 27.9 Å². The highest BCUT2D eigenvalue weighted by Gasteiger charge is 2.33. The summed E-state index contributed by atoms with van der Waals surface area (Å²) >= 11 is 11.8. The van der Waals surface area contributed by atoms with Crippen molar-refractivity contribution in [3.05, 3.63) is 28.2 Å².